The van der Waals surface area contributed by atoms with Gasteiger partial charge in [-0.2, -0.15) is 0 Å². The molecule has 0 aliphatic rings. The summed E-state index contributed by atoms with van der Waals surface area (Å²) in [6.45, 7) is 6.14. The van der Waals surface area contributed by atoms with Gasteiger partial charge in [-0.15, -0.1) is 0 Å². The van der Waals surface area contributed by atoms with Crippen molar-refractivity contribution in [2.45, 2.75) is 31.9 Å². The van der Waals surface area contributed by atoms with Crippen molar-refractivity contribution in [2.75, 3.05) is 0 Å². The zero-order valence-electron chi connectivity index (χ0n) is 8.19. The van der Waals surface area contributed by atoms with Crippen LogP contribution in [0.5, 0.6) is 0 Å². The summed E-state index contributed by atoms with van der Waals surface area (Å²) in [5.74, 6) is 0.350. The summed E-state index contributed by atoms with van der Waals surface area (Å²) >= 11 is 1.36. The fourth-order valence-corrected chi connectivity index (χ4v) is 1.37. The Morgan fingerprint density at radius 2 is 2.00 bits per heavy atom. The number of hydrogen-bond acceptors (Lipinski definition) is 4. The van der Waals surface area contributed by atoms with Gasteiger partial charge in [0.15, 0.2) is 0 Å². The van der Waals surface area contributed by atoms with Crippen molar-refractivity contribution in [2.24, 2.45) is 5.14 Å². The lowest BCUT2D eigenvalue weighted by atomic mass is 10.1. The first-order chi connectivity index (χ1) is 6.15. The van der Waals surface area contributed by atoms with Gasteiger partial charge in [-0.3, -0.25) is 15.1 Å². The van der Waals surface area contributed by atoms with Crippen LogP contribution in [0, 0.1) is 6.92 Å². The van der Waals surface area contributed by atoms with Crippen LogP contribution in [-0.2, 0) is 0 Å². The molecular formula is C9H15N3S. The van der Waals surface area contributed by atoms with E-state index in [0.29, 0.717) is 11.2 Å². The molecule has 2 N–H and O–H groups in total. The number of nitrogens with zero attached hydrogens (tertiary/aromatic N) is 2. The molecule has 1 aromatic rings. The zero-order valence-corrected chi connectivity index (χ0v) is 9.01. The highest BCUT2D eigenvalue weighted by Crippen LogP contribution is 2.22. The summed E-state index contributed by atoms with van der Waals surface area (Å²) in [5.41, 5.74) is 1.96. The molecule has 0 radical (unpaired) electrons. The molecule has 0 fully saturated rings. The maximum absolute atomic E-state index is 5.51. The summed E-state index contributed by atoms with van der Waals surface area (Å²) in [5, 5.41) is 5.88. The van der Waals surface area contributed by atoms with Gasteiger partial charge in [0.25, 0.3) is 0 Å². The Morgan fingerprint density at radius 3 is 2.46 bits per heavy atom. The molecule has 0 saturated carbocycles. The maximum atomic E-state index is 5.51. The lowest BCUT2D eigenvalue weighted by Crippen LogP contribution is -2.12. The smallest absolute Gasteiger partial charge is 0.0626 e. The summed E-state index contributed by atoms with van der Waals surface area (Å²) < 4.78 is 0. The van der Waals surface area contributed by atoms with E-state index in [4.69, 9.17) is 5.14 Å². The van der Waals surface area contributed by atoms with Gasteiger partial charge >= 0.3 is 0 Å². The molecule has 0 aliphatic heterocycles. The van der Waals surface area contributed by atoms with E-state index >= 15 is 0 Å². The van der Waals surface area contributed by atoms with E-state index in [2.05, 4.69) is 23.8 Å². The van der Waals surface area contributed by atoms with Gasteiger partial charge in [-0.05, 0) is 6.92 Å². The number of hydrogen-bond donors (Lipinski definition) is 1. The predicted octanol–water partition coefficient (Wildman–Crippen LogP) is 1.88. The Bertz CT molecular complexity index is 260. The van der Waals surface area contributed by atoms with Gasteiger partial charge in [0.05, 0.1) is 11.4 Å². The van der Waals surface area contributed by atoms with Gasteiger partial charge in [-0.1, -0.05) is 25.8 Å². The average Bonchev–Trinajstić information content (AvgIpc) is 2.17. The first-order valence-corrected chi connectivity index (χ1v) is 5.23. The molecule has 0 aromatic carbocycles. The lowest BCUT2D eigenvalue weighted by molar-refractivity contribution is 0.716. The maximum Gasteiger partial charge on any atom is 0.0626 e. The van der Waals surface area contributed by atoms with Crippen LogP contribution >= 0.6 is 11.9 Å². The molecule has 1 aromatic heterocycles. The van der Waals surface area contributed by atoms with Crippen LogP contribution in [0.4, 0.5) is 0 Å². The van der Waals surface area contributed by atoms with Crippen molar-refractivity contribution >= 4 is 11.9 Å². The average molecular weight is 197 g/mol. The minimum atomic E-state index is 0.350. The predicted molar refractivity (Wildman–Crippen MR) is 56.4 cm³/mol. The summed E-state index contributed by atoms with van der Waals surface area (Å²) in [7, 11) is 0. The van der Waals surface area contributed by atoms with Crippen LogP contribution < -0.4 is 5.14 Å². The Labute approximate surface area is 83.3 Å². The second kappa shape index (κ2) is 4.58. The first kappa shape index (κ1) is 10.5. The van der Waals surface area contributed by atoms with Crippen LogP contribution in [-0.4, -0.2) is 15.2 Å². The van der Waals surface area contributed by atoms with E-state index < -0.39 is 0 Å². The SMILES string of the molecule is Cc1cnc(C(C)C(C)SN)cn1. The summed E-state index contributed by atoms with van der Waals surface area (Å²) in [4.78, 5) is 8.52. The molecule has 0 bridgehead atoms. The quantitative estimate of drug-likeness (QED) is 0.752. The number of aryl methyl sites for hydroxylation is 1. The van der Waals surface area contributed by atoms with Crippen molar-refractivity contribution < 1.29 is 0 Å². The van der Waals surface area contributed by atoms with Crippen LogP contribution in [0.3, 0.4) is 0 Å². The Morgan fingerprint density at radius 1 is 1.31 bits per heavy atom. The molecule has 13 heavy (non-hydrogen) atoms. The van der Waals surface area contributed by atoms with Crippen molar-refractivity contribution in [3.63, 3.8) is 0 Å². The Balaban J connectivity index is 2.77. The van der Waals surface area contributed by atoms with Crippen molar-refractivity contribution in [3.8, 4) is 0 Å². The molecule has 3 nitrogen and oxygen atoms in total. The number of rotatable bonds is 3. The molecule has 1 heterocycles. The minimum Gasteiger partial charge on any atom is -0.278 e. The molecule has 2 unspecified atom stereocenters. The second-order valence-electron chi connectivity index (χ2n) is 3.21. The topological polar surface area (TPSA) is 51.8 Å². The van der Waals surface area contributed by atoms with E-state index in [0.717, 1.165) is 11.4 Å². The van der Waals surface area contributed by atoms with Gasteiger partial charge in [-0.25, -0.2) is 0 Å². The third-order valence-corrected chi connectivity index (χ3v) is 3.02. The highest BCUT2D eigenvalue weighted by atomic mass is 32.2. The molecule has 2 atom stereocenters. The third kappa shape index (κ3) is 2.67. The first-order valence-electron chi connectivity index (χ1n) is 4.29. The third-order valence-electron chi connectivity index (χ3n) is 2.19. The van der Waals surface area contributed by atoms with E-state index in [1.54, 1.807) is 6.20 Å². The number of nitrogens with two attached hydrogens (primary N) is 1. The van der Waals surface area contributed by atoms with Crippen LogP contribution in [0.1, 0.15) is 31.2 Å². The largest absolute Gasteiger partial charge is 0.278 e. The standard InChI is InChI=1S/C9H15N3S/c1-6-4-12-9(5-11-6)7(2)8(3)13-10/h4-5,7-8H,10H2,1-3H3. The van der Waals surface area contributed by atoms with E-state index in [1.807, 2.05) is 13.1 Å². The fourth-order valence-electron chi connectivity index (χ4n) is 0.996. The number of aromatic nitrogens is 2. The Kier molecular flexibility index (Phi) is 3.69. The van der Waals surface area contributed by atoms with Gasteiger partial charge in [0, 0.05) is 23.6 Å². The van der Waals surface area contributed by atoms with Gasteiger partial charge < -0.3 is 0 Å². The van der Waals surface area contributed by atoms with Crippen molar-refractivity contribution in [3.05, 3.63) is 23.8 Å². The van der Waals surface area contributed by atoms with Crippen LogP contribution in [0.2, 0.25) is 0 Å². The summed E-state index contributed by atoms with van der Waals surface area (Å²) in [6.07, 6.45) is 3.62. The molecule has 0 amide bonds. The molecule has 72 valence electrons. The van der Waals surface area contributed by atoms with Crippen molar-refractivity contribution in [1.82, 2.24) is 9.97 Å². The Hall–Kier alpha value is -0.610. The fraction of sp³-hybridized carbons (Fsp3) is 0.556. The molecular weight excluding hydrogens is 182 g/mol. The van der Waals surface area contributed by atoms with E-state index in [-0.39, 0.29) is 0 Å². The normalized spacial score (nSPS) is 15.4. The zero-order chi connectivity index (χ0) is 9.84. The van der Waals surface area contributed by atoms with Gasteiger partial charge in [0.2, 0.25) is 0 Å². The molecule has 1 rings (SSSR count). The van der Waals surface area contributed by atoms with Crippen LogP contribution in [0.15, 0.2) is 12.4 Å². The van der Waals surface area contributed by atoms with Crippen LogP contribution in [0.25, 0.3) is 0 Å². The molecule has 0 saturated heterocycles. The highest BCUT2D eigenvalue weighted by Gasteiger charge is 2.14. The van der Waals surface area contributed by atoms with Crippen molar-refractivity contribution in [1.29, 1.82) is 0 Å². The molecule has 0 aliphatic carbocycles. The highest BCUT2D eigenvalue weighted by molar-refractivity contribution is 7.97. The second-order valence-corrected chi connectivity index (χ2v) is 4.23. The minimum absolute atomic E-state index is 0.350. The lowest BCUT2D eigenvalue weighted by Gasteiger charge is -2.15. The molecule has 0 spiro atoms. The van der Waals surface area contributed by atoms with E-state index in [1.165, 1.54) is 11.9 Å². The monoisotopic (exact) mass is 197 g/mol. The summed E-state index contributed by atoms with van der Waals surface area (Å²) in [6, 6.07) is 0. The van der Waals surface area contributed by atoms with E-state index in [9.17, 15) is 0 Å². The van der Waals surface area contributed by atoms with Gasteiger partial charge in [0.1, 0.15) is 0 Å². The molecule has 4 heteroatoms.